The Kier molecular flexibility index (Phi) is 20.0. The van der Waals surface area contributed by atoms with Gasteiger partial charge >= 0.3 is 0 Å². The predicted octanol–water partition coefficient (Wildman–Crippen LogP) is 21.2. The van der Waals surface area contributed by atoms with Crippen molar-refractivity contribution >= 4 is 28.1 Å². The van der Waals surface area contributed by atoms with Gasteiger partial charge < -0.3 is 9.80 Å². The monoisotopic (exact) mass is 1080 g/mol. The highest BCUT2D eigenvalue weighted by Crippen LogP contribution is 2.49. The normalized spacial score (nSPS) is 18.0. The van der Waals surface area contributed by atoms with E-state index in [-0.39, 0.29) is 11.5 Å². The van der Waals surface area contributed by atoms with E-state index in [0.29, 0.717) is 0 Å². The number of hydrogen-bond acceptors (Lipinski definition) is 2. The zero-order valence-electron chi connectivity index (χ0n) is 50.0. The molecule has 1 unspecified atom stereocenters. The van der Waals surface area contributed by atoms with Gasteiger partial charge in [0.05, 0.1) is 6.04 Å². The quantitative estimate of drug-likeness (QED) is 0.0808. The third-order valence-electron chi connectivity index (χ3n) is 16.5. The van der Waals surface area contributed by atoms with Crippen LogP contribution in [0.5, 0.6) is 0 Å². The van der Waals surface area contributed by atoms with Crippen molar-refractivity contribution in [2.75, 3.05) is 9.80 Å². The van der Waals surface area contributed by atoms with Crippen LogP contribution in [0.1, 0.15) is 126 Å². The van der Waals surface area contributed by atoms with Crippen molar-refractivity contribution in [3.63, 3.8) is 0 Å². The molecule has 0 spiro atoms. The first kappa shape index (κ1) is 58.7. The molecule has 5 aromatic rings. The maximum Gasteiger partial charge on any atom is 0.0715 e. The van der Waals surface area contributed by atoms with Gasteiger partial charge in [-0.15, -0.1) is 12.8 Å². The first-order valence-corrected chi connectivity index (χ1v) is 30.0. The van der Waals surface area contributed by atoms with Gasteiger partial charge in [-0.1, -0.05) is 234 Å². The van der Waals surface area contributed by atoms with Gasteiger partial charge in [0.15, 0.2) is 0 Å². The Bertz CT molecular complexity index is 3680. The van der Waals surface area contributed by atoms with Crippen LogP contribution in [0.3, 0.4) is 0 Å². The van der Waals surface area contributed by atoms with Gasteiger partial charge in [-0.2, -0.15) is 0 Å². The fourth-order valence-corrected chi connectivity index (χ4v) is 12.2. The van der Waals surface area contributed by atoms with Crippen LogP contribution in [0.2, 0.25) is 0 Å². The van der Waals surface area contributed by atoms with Crippen LogP contribution in [0.4, 0.5) is 11.4 Å². The summed E-state index contributed by atoms with van der Waals surface area (Å²) in [6.07, 6.45) is 64.7. The van der Waals surface area contributed by atoms with Crippen molar-refractivity contribution in [1.82, 2.24) is 0 Å². The maximum atomic E-state index is 4.00. The number of rotatable bonds is 14. The van der Waals surface area contributed by atoms with E-state index >= 15 is 0 Å². The van der Waals surface area contributed by atoms with Gasteiger partial charge in [-0.3, -0.25) is 0 Å². The van der Waals surface area contributed by atoms with E-state index in [1.54, 1.807) is 0 Å². The fourth-order valence-electron chi connectivity index (χ4n) is 12.2. The molecule has 6 aliphatic rings. The fraction of sp³-hybridized carbons (Fsp3) is 0.210. The minimum Gasteiger partial charge on any atom is -0.331 e. The molecule has 2 heteroatoms. The lowest BCUT2D eigenvalue weighted by Crippen LogP contribution is -2.32. The molecule has 0 bridgehead atoms. The average molecular weight is 1080 g/mol. The molecule has 0 radical (unpaired) electrons. The third-order valence-corrected chi connectivity index (χ3v) is 16.5. The van der Waals surface area contributed by atoms with Crippen LogP contribution < -0.4 is 9.80 Å². The van der Waals surface area contributed by atoms with Gasteiger partial charge in [-0.05, 0) is 198 Å². The van der Waals surface area contributed by atoms with Gasteiger partial charge in [0, 0.05) is 40.3 Å². The lowest BCUT2D eigenvalue weighted by Gasteiger charge is -2.34. The summed E-state index contributed by atoms with van der Waals surface area (Å²) in [5.41, 5.74) is 25.6. The Balaban J connectivity index is 0.00000203. The van der Waals surface area contributed by atoms with Gasteiger partial charge in [0.2, 0.25) is 0 Å². The zero-order chi connectivity index (χ0) is 58.1. The van der Waals surface area contributed by atoms with E-state index in [4.69, 9.17) is 0 Å². The molecule has 0 aromatic heterocycles. The van der Waals surface area contributed by atoms with Crippen LogP contribution in [-0.2, 0) is 18.3 Å². The number of terminal acetylenes is 1. The molecule has 0 saturated carbocycles. The van der Waals surface area contributed by atoms with Gasteiger partial charge in [-0.25, -0.2) is 0 Å². The van der Waals surface area contributed by atoms with E-state index in [9.17, 15) is 0 Å². The molecule has 416 valence electrons. The highest BCUT2D eigenvalue weighted by molar-refractivity contribution is 5.89. The summed E-state index contributed by atoms with van der Waals surface area (Å²) in [6.45, 7) is 15.6. The summed E-state index contributed by atoms with van der Waals surface area (Å²) in [7, 11) is 0. The SMILES string of the molecule is C#C.CC.CC1=CC(N(C2=CC=C(/C(C)=C/C=C(\C)N(C3=CC4=C(C=CC3)c3ccccc3C4(C)C)c3ccc(Cc4ccccc4)cc3)CC=C2)c2ccc(C3=CC=CCCC3)cc2CC2=CC=CCC=C2)C=CC=C1c1ccccc1. The summed E-state index contributed by atoms with van der Waals surface area (Å²) < 4.78 is 0. The smallest absolute Gasteiger partial charge is 0.0715 e. The van der Waals surface area contributed by atoms with E-state index in [2.05, 4.69) is 312 Å². The molecule has 0 heterocycles. The average Bonchev–Trinajstić information content (AvgIpc) is 2.85. The molecule has 0 amide bonds. The van der Waals surface area contributed by atoms with E-state index in [1.807, 2.05) is 13.8 Å². The van der Waals surface area contributed by atoms with Crippen LogP contribution >= 0.6 is 0 Å². The largest absolute Gasteiger partial charge is 0.331 e. The second-order valence-corrected chi connectivity index (χ2v) is 22.3. The Labute approximate surface area is 498 Å². The lowest BCUT2D eigenvalue weighted by molar-refractivity contribution is 0.652. The van der Waals surface area contributed by atoms with Crippen LogP contribution in [-0.4, -0.2) is 6.04 Å². The Morgan fingerprint density at radius 1 is 0.663 bits per heavy atom. The second kappa shape index (κ2) is 28.2. The van der Waals surface area contributed by atoms with Crippen molar-refractivity contribution in [3.8, 4) is 12.8 Å². The molecule has 0 saturated heterocycles. The second-order valence-electron chi connectivity index (χ2n) is 22.3. The van der Waals surface area contributed by atoms with Crippen LogP contribution in [0.25, 0.3) is 16.7 Å². The molecule has 0 fully saturated rings. The van der Waals surface area contributed by atoms with Crippen molar-refractivity contribution in [2.45, 2.75) is 111 Å². The minimum atomic E-state index is -0.118. The molecular formula is C81H82N2. The van der Waals surface area contributed by atoms with E-state index in [1.165, 1.54) is 106 Å². The third kappa shape index (κ3) is 13.9. The Morgan fingerprint density at radius 2 is 1.40 bits per heavy atom. The first-order chi connectivity index (χ1) is 40.7. The Hall–Kier alpha value is -8.90. The molecule has 5 aromatic carbocycles. The summed E-state index contributed by atoms with van der Waals surface area (Å²) >= 11 is 0. The summed E-state index contributed by atoms with van der Waals surface area (Å²) in [5.74, 6) is 0. The topological polar surface area (TPSA) is 6.48 Å². The minimum absolute atomic E-state index is 0.0453. The number of nitrogens with zero attached hydrogens (tertiary/aromatic N) is 2. The molecule has 11 rings (SSSR count). The van der Waals surface area contributed by atoms with Crippen molar-refractivity contribution < 1.29 is 0 Å². The van der Waals surface area contributed by atoms with Gasteiger partial charge in [0.1, 0.15) is 0 Å². The highest BCUT2D eigenvalue weighted by Gasteiger charge is 2.37. The maximum absolute atomic E-state index is 4.00. The van der Waals surface area contributed by atoms with Crippen molar-refractivity contribution in [2.24, 2.45) is 0 Å². The zero-order valence-corrected chi connectivity index (χ0v) is 50.0. The summed E-state index contributed by atoms with van der Waals surface area (Å²) in [6, 6.07) is 47.0. The number of benzene rings is 5. The number of fused-ring (bicyclic) bond motifs is 2. The molecule has 2 nitrogen and oxygen atoms in total. The van der Waals surface area contributed by atoms with Crippen LogP contribution in [0.15, 0.2) is 300 Å². The number of hydrogen-bond donors (Lipinski definition) is 0. The van der Waals surface area contributed by atoms with E-state index < -0.39 is 0 Å². The molecular weight excluding hydrogens is 1000 g/mol. The first-order valence-electron chi connectivity index (χ1n) is 30.0. The molecule has 6 aliphatic carbocycles. The van der Waals surface area contributed by atoms with Crippen LogP contribution in [0, 0.1) is 12.8 Å². The number of anilines is 2. The van der Waals surface area contributed by atoms with Crippen molar-refractivity contribution in [3.05, 3.63) is 339 Å². The number of allylic oxidation sites excluding steroid dienone is 28. The highest BCUT2D eigenvalue weighted by atomic mass is 15.2. The van der Waals surface area contributed by atoms with Gasteiger partial charge in [0.25, 0.3) is 0 Å². The molecule has 0 aliphatic heterocycles. The standard InChI is InChI=1S/C77H74N2.C2H6.C2H2/c1-56(41-42-58(3)78(68-47-43-61(44-48-68)52-59-25-14-10-15-26-59)70-36-24-39-73-72-37-20-21-40-74(72)77(4,5)75(73)55-70)62-33-22-34-67(49-45-62)79(69-35-23-38-71(57(2)51-69)64-31-18-11-19-32-64)76-50-46-65(63-29-16-8-9-17-30-63)54-66(76)53-60-27-12-6-7-13-28-60;2*1-2/h6,8,10-16,18-29,31-32,34-35,37-51,54-55,69H,7,9,17,30,33,36,52-53H2,1-5H3;1-2H3;1-2H/b56-41+,58-42+;;. The molecule has 83 heavy (non-hydrogen) atoms. The summed E-state index contributed by atoms with van der Waals surface area (Å²) in [5, 5.41) is 0. The lowest BCUT2D eigenvalue weighted by atomic mass is 9.81. The van der Waals surface area contributed by atoms with E-state index in [0.717, 1.165) is 57.1 Å². The van der Waals surface area contributed by atoms with Crippen molar-refractivity contribution in [1.29, 1.82) is 0 Å². The molecule has 0 N–H and O–H groups in total. The summed E-state index contributed by atoms with van der Waals surface area (Å²) in [4.78, 5) is 5.07. The Morgan fingerprint density at radius 3 is 2.20 bits per heavy atom. The molecule has 1 atom stereocenters. The predicted molar refractivity (Wildman–Crippen MR) is 361 cm³/mol.